The molecule has 0 spiro atoms. The molecule has 0 radical (unpaired) electrons. The summed E-state index contributed by atoms with van der Waals surface area (Å²) in [7, 11) is 0. The molecule has 0 saturated heterocycles. The van der Waals surface area contributed by atoms with Crippen LogP contribution in [0.4, 0.5) is 8.78 Å². The molecule has 0 aliphatic rings. The molecule has 1 atom stereocenters. The first-order chi connectivity index (χ1) is 9.19. The lowest BCUT2D eigenvalue weighted by Crippen LogP contribution is -2.19. The van der Waals surface area contributed by atoms with Crippen LogP contribution < -0.4 is 5.32 Å². The Morgan fingerprint density at radius 2 is 1.79 bits per heavy atom. The summed E-state index contributed by atoms with van der Waals surface area (Å²) >= 11 is 0. The van der Waals surface area contributed by atoms with Crippen molar-refractivity contribution < 1.29 is 8.78 Å². The van der Waals surface area contributed by atoms with E-state index in [9.17, 15) is 8.78 Å². The monoisotopic (exact) mass is 258 g/mol. The number of nitriles is 1. The fraction of sp³-hybridized carbons (Fsp3) is 0.133. The summed E-state index contributed by atoms with van der Waals surface area (Å²) in [4.78, 5) is 0. The molecule has 96 valence electrons. The van der Waals surface area contributed by atoms with Gasteiger partial charge in [0.2, 0.25) is 0 Å². The van der Waals surface area contributed by atoms with Crippen LogP contribution in [0.3, 0.4) is 0 Å². The third kappa shape index (κ3) is 3.60. The van der Waals surface area contributed by atoms with Crippen LogP contribution in [0.15, 0.2) is 48.5 Å². The zero-order chi connectivity index (χ0) is 13.7. The van der Waals surface area contributed by atoms with Gasteiger partial charge in [0.25, 0.3) is 0 Å². The van der Waals surface area contributed by atoms with Gasteiger partial charge in [0.1, 0.15) is 17.7 Å². The van der Waals surface area contributed by atoms with E-state index in [2.05, 4.69) is 11.4 Å². The highest BCUT2D eigenvalue weighted by atomic mass is 19.1. The van der Waals surface area contributed by atoms with Gasteiger partial charge in [-0.05, 0) is 35.4 Å². The standard InChI is InChI=1S/C15H12F2N2/c16-13-6-4-11(5-7-13)10-19-15(9-18)12-2-1-3-14(17)8-12/h1-8,15,19H,10H2. The van der Waals surface area contributed by atoms with Crippen LogP contribution in [0.2, 0.25) is 0 Å². The average Bonchev–Trinajstić information content (AvgIpc) is 2.42. The number of benzene rings is 2. The van der Waals surface area contributed by atoms with Crippen LogP contribution in [-0.2, 0) is 6.54 Å². The largest absolute Gasteiger partial charge is 0.294 e. The Morgan fingerprint density at radius 1 is 1.05 bits per heavy atom. The first kappa shape index (κ1) is 13.2. The van der Waals surface area contributed by atoms with Gasteiger partial charge in [-0.25, -0.2) is 8.78 Å². The van der Waals surface area contributed by atoms with E-state index in [0.29, 0.717) is 12.1 Å². The van der Waals surface area contributed by atoms with Crippen molar-refractivity contribution in [3.8, 4) is 6.07 Å². The SMILES string of the molecule is N#CC(NCc1ccc(F)cc1)c1cccc(F)c1. The van der Waals surface area contributed by atoms with E-state index < -0.39 is 6.04 Å². The molecule has 2 nitrogen and oxygen atoms in total. The summed E-state index contributed by atoms with van der Waals surface area (Å²) in [5, 5.41) is 12.1. The Hall–Kier alpha value is -2.25. The molecule has 0 aliphatic carbocycles. The maximum atomic E-state index is 13.1. The Kier molecular flexibility index (Phi) is 4.22. The van der Waals surface area contributed by atoms with Gasteiger partial charge in [0.15, 0.2) is 0 Å². The Labute approximate surface area is 110 Å². The van der Waals surface area contributed by atoms with Crippen LogP contribution in [0.25, 0.3) is 0 Å². The second kappa shape index (κ2) is 6.07. The molecule has 1 N–H and O–H groups in total. The molecule has 0 amide bonds. The lowest BCUT2D eigenvalue weighted by molar-refractivity contribution is 0.601. The third-order valence-electron chi connectivity index (χ3n) is 2.73. The second-order valence-electron chi connectivity index (χ2n) is 4.12. The zero-order valence-electron chi connectivity index (χ0n) is 10.1. The van der Waals surface area contributed by atoms with E-state index in [1.165, 1.54) is 24.3 Å². The zero-order valence-corrected chi connectivity index (χ0v) is 10.1. The molecule has 0 bridgehead atoms. The predicted octanol–water partition coefficient (Wildman–Crippen LogP) is 3.32. The second-order valence-corrected chi connectivity index (χ2v) is 4.12. The minimum absolute atomic E-state index is 0.300. The number of rotatable bonds is 4. The van der Waals surface area contributed by atoms with E-state index in [0.717, 1.165) is 5.56 Å². The first-order valence-electron chi connectivity index (χ1n) is 5.82. The van der Waals surface area contributed by atoms with Crippen LogP contribution >= 0.6 is 0 Å². The lowest BCUT2D eigenvalue weighted by atomic mass is 10.1. The van der Waals surface area contributed by atoms with Gasteiger partial charge in [0, 0.05) is 6.54 Å². The minimum atomic E-state index is -0.597. The maximum absolute atomic E-state index is 13.1. The Balaban J connectivity index is 2.04. The number of hydrogen-bond acceptors (Lipinski definition) is 2. The quantitative estimate of drug-likeness (QED) is 0.913. The highest BCUT2D eigenvalue weighted by Gasteiger charge is 2.10. The van der Waals surface area contributed by atoms with Crippen molar-refractivity contribution in [2.75, 3.05) is 0 Å². The molecular weight excluding hydrogens is 246 g/mol. The lowest BCUT2D eigenvalue weighted by Gasteiger charge is -2.12. The van der Waals surface area contributed by atoms with E-state index in [-0.39, 0.29) is 11.6 Å². The van der Waals surface area contributed by atoms with E-state index in [4.69, 9.17) is 5.26 Å². The van der Waals surface area contributed by atoms with Crippen LogP contribution in [-0.4, -0.2) is 0 Å². The molecule has 0 fully saturated rings. The van der Waals surface area contributed by atoms with E-state index >= 15 is 0 Å². The predicted molar refractivity (Wildman–Crippen MR) is 68.0 cm³/mol. The summed E-state index contributed by atoms with van der Waals surface area (Å²) in [5.41, 5.74) is 1.43. The Morgan fingerprint density at radius 3 is 2.42 bits per heavy atom. The number of nitrogens with one attached hydrogen (secondary N) is 1. The van der Waals surface area contributed by atoms with Crippen molar-refractivity contribution in [1.29, 1.82) is 5.26 Å². The van der Waals surface area contributed by atoms with Gasteiger partial charge >= 0.3 is 0 Å². The summed E-state index contributed by atoms with van der Waals surface area (Å²) in [6.45, 7) is 0.412. The van der Waals surface area contributed by atoms with Crippen LogP contribution in [0.1, 0.15) is 17.2 Å². The van der Waals surface area contributed by atoms with E-state index in [1.54, 1.807) is 24.3 Å². The summed E-state index contributed by atoms with van der Waals surface area (Å²) in [6, 6.07) is 13.4. The maximum Gasteiger partial charge on any atom is 0.123 e. The van der Waals surface area contributed by atoms with Gasteiger partial charge in [-0.1, -0.05) is 24.3 Å². The summed E-state index contributed by atoms with van der Waals surface area (Å²) in [5.74, 6) is -0.674. The topological polar surface area (TPSA) is 35.8 Å². The smallest absolute Gasteiger partial charge is 0.123 e. The minimum Gasteiger partial charge on any atom is -0.294 e. The van der Waals surface area contributed by atoms with Crippen LogP contribution in [0.5, 0.6) is 0 Å². The normalized spacial score (nSPS) is 11.8. The highest BCUT2D eigenvalue weighted by Crippen LogP contribution is 2.14. The number of halogens is 2. The third-order valence-corrected chi connectivity index (χ3v) is 2.73. The Bertz CT molecular complexity index is 588. The molecule has 0 aromatic heterocycles. The van der Waals surface area contributed by atoms with Crippen molar-refractivity contribution in [2.24, 2.45) is 0 Å². The molecule has 0 saturated carbocycles. The molecule has 2 aromatic carbocycles. The van der Waals surface area contributed by atoms with Crippen molar-refractivity contribution in [1.82, 2.24) is 5.32 Å². The van der Waals surface area contributed by atoms with Crippen molar-refractivity contribution in [3.05, 3.63) is 71.3 Å². The molecule has 19 heavy (non-hydrogen) atoms. The van der Waals surface area contributed by atoms with Crippen molar-refractivity contribution in [2.45, 2.75) is 12.6 Å². The van der Waals surface area contributed by atoms with Gasteiger partial charge in [-0.15, -0.1) is 0 Å². The number of hydrogen-bond donors (Lipinski definition) is 1. The fourth-order valence-electron chi connectivity index (χ4n) is 1.75. The molecule has 2 aromatic rings. The van der Waals surface area contributed by atoms with Gasteiger partial charge in [-0.2, -0.15) is 5.26 Å². The molecule has 0 aliphatic heterocycles. The molecule has 2 rings (SSSR count). The molecule has 4 heteroatoms. The fourth-order valence-corrected chi connectivity index (χ4v) is 1.75. The van der Waals surface area contributed by atoms with Crippen molar-refractivity contribution in [3.63, 3.8) is 0 Å². The average molecular weight is 258 g/mol. The summed E-state index contributed by atoms with van der Waals surface area (Å²) < 4.78 is 25.8. The highest BCUT2D eigenvalue weighted by molar-refractivity contribution is 5.25. The number of nitrogens with zero attached hydrogens (tertiary/aromatic N) is 1. The van der Waals surface area contributed by atoms with Gasteiger partial charge in [0.05, 0.1) is 6.07 Å². The van der Waals surface area contributed by atoms with E-state index in [1.807, 2.05) is 0 Å². The van der Waals surface area contributed by atoms with Gasteiger partial charge in [-0.3, -0.25) is 5.32 Å². The van der Waals surface area contributed by atoms with Gasteiger partial charge < -0.3 is 0 Å². The molecular formula is C15H12F2N2. The van der Waals surface area contributed by atoms with Crippen LogP contribution in [0, 0.1) is 23.0 Å². The molecule has 1 unspecified atom stereocenters. The first-order valence-corrected chi connectivity index (χ1v) is 5.82. The summed E-state index contributed by atoms with van der Waals surface area (Å²) in [6.07, 6.45) is 0. The van der Waals surface area contributed by atoms with Crippen molar-refractivity contribution >= 4 is 0 Å². The molecule has 0 heterocycles.